The van der Waals surface area contributed by atoms with Gasteiger partial charge in [-0.15, -0.1) is 0 Å². The predicted octanol–water partition coefficient (Wildman–Crippen LogP) is 3.14. The Morgan fingerprint density at radius 3 is 2.57 bits per heavy atom. The molecule has 1 fully saturated rings. The van der Waals surface area contributed by atoms with Crippen molar-refractivity contribution in [2.45, 2.75) is 18.4 Å². The fraction of sp³-hybridized carbons (Fsp3) is 0.316. The van der Waals surface area contributed by atoms with Crippen LogP contribution >= 0.6 is 0 Å². The van der Waals surface area contributed by atoms with Crippen LogP contribution in [0.3, 0.4) is 0 Å². The third-order valence-corrected chi connectivity index (χ3v) is 5.01. The second-order valence-corrected chi connectivity index (χ2v) is 6.51. The van der Waals surface area contributed by atoms with E-state index in [2.05, 4.69) is 52.2 Å². The number of nitrogens with zero attached hydrogens (tertiary/aromatic N) is 2. The zero-order valence-electron chi connectivity index (χ0n) is 13.3. The molecule has 4 heteroatoms. The second kappa shape index (κ2) is 5.48. The quantitative estimate of drug-likeness (QED) is 0.765. The first-order chi connectivity index (χ1) is 11.2. The first-order valence-electron chi connectivity index (χ1n) is 8.10. The normalized spacial score (nSPS) is 18.3. The molecule has 23 heavy (non-hydrogen) atoms. The van der Waals surface area contributed by atoms with Crippen molar-refractivity contribution >= 4 is 11.0 Å². The zero-order chi connectivity index (χ0) is 15.9. The molecule has 3 aromatic rings. The van der Waals surface area contributed by atoms with Crippen LogP contribution in [-0.2, 0) is 5.60 Å². The van der Waals surface area contributed by atoms with E-state index in [-0.39, 0.29) is 0 Å². The highest BCUT2D eigenvalue weighted by molar-refractivity contribution is 5.92. The standard InChI is InChI=1S/C19H21N3O/c1-22-12-8-19(23,9-13-22)15-4-2-14(3-5-15)16-6-10-20-18-17(16)7-11-21-18/h2-7,10-11,23H,8-9,12-13H2,1H3,(H,20,21). The number of pyridine rings is 1. The summed E-state index contributed by atoms with van der Waals surface area (Å²) in [5, 5.41) is 12.0. The summed E-state index contributed by atoms with van der Waals surface area (Å²) in [4.78, 5) is 9.75. The van der Waals surface area contributed by atoms with E-state index in [4.69, 9.17) is 0 Å². The van der Waals surface area contributed by atoms with Crippen molar-refractivity contribution in [3.8, 4) is 11.1 Å². The van der Waals surface area contributed by atoms with Crippen LogP contribution in [0.15, 0.2) is 48.8 Å². The molecule has 1 aromatic carbocycles. The molecule has 0 amide bonds. The third-order valence-electron chi connectivity index (χ3n) is 5.01. The van der Waals surface area contributed by atoms with E-state index in [1.54, 1.807) is 0 Å². The number of hydrogen-bond donors (Lipinski definition) is 2. The number of nitrogens with one attached hydrogen (secondary N) is 1. The van der Waals surface area contributed by atoms with Gasteiger partial charge in [0.05, 0.1) is 5.60 Å². The van der Waals surface area contributed by atoms with Crippen LogP contribution < -0.4 is 0 Å². The van der Waals surface area contributed by atoms with Gasteiger partial charge < -0.3 is 15.0 Å². The number of benzene rings is 1. The minimum Gasteiger partial charge on any atom is -0.385 e. The number of rotatable bonds is 2. The van der Waals surface area contributed by atoms with Gasteiger partial charge in [-0.05, 0) is 48.7 Å². The monoisotopic (exact) mass is 307 g/mol. The maximum Gasteiger partial charge on any atom is 0.137 e. The minimum absolute atomic E-state index is 0.688. The Labute approximate surface area is 135 Å². The van der Waals surface area contributed by atoms with Crippen LogP contribution in [0.1, 0.15) is 18.4 Å². The van der Waals surface area contributed by atoms with E-state index in [0.29, 0.717) is 0 Å². The molecule has 4 rings (SSSR count). The van der Waals surface area contributed by atoms with E-state index in [9.17, 15) is 5.11 Å². The average molecular weight is 307 g/mol. The van der Waals surface area contributed by atoms with E-state index >= 15 is 0 Å². The number of aliphatic hydroxyl groups is 1. The number of piperidine rings is 1. The van der Waals surface area contributed by atoms with Crippen molar-refractivity contribution in [3.63, 3.8) is 0 Å². The molecule has 4 nitrogen and oxygen atoms in total. The summed E-state index contributed by atoms with van der Waals surface area (Å²) in [5.74, 6) is 0. The van der Waals surface area contributed by atoms with Gasteiger partial charge >= 0.3 is 0 Å². The van der Waals surface area contributed by atoms with E-state index < -0.39 is 5.60 Å². The first-order valence-corrected chi connectivity index (χ1v) is 8.10. The van der Waals surface area contributed by atoms with Gasteiger partial charge in [0.15, 0.2) is 0 Å². The van der Waals surface area contributed by atoms with Crippen molar-refractivity contribution in [1.82, 2.24) is 14.9 Å². The maximum atomic E-state index is 10.9. The third kappa shape index (κ3) is 2.54. The molecule has 0 saturated carbocycles. The number of likely N-dealkylation sites (tertiary alicyclic amines) is 1. The zero-order valence-corrected chi connectivity index (χ0v) is 13.3. The summed E-state index contributed by atoms with van der Waals surface area (Å²) in [7, 11) is 2.11. The van der Waals surface area contributed by atoms with Crippen LogP contribution in [0.4, 0.5) is 0 Å². The average Bonchev–Trinajstić information content (AvgIpc) is 3.06. The number of H-pyrrole nitrogens is 1. The van der Waals surface area contributed by atoms with Crippen LogP contribution in [0.5, 0.6) is 0 Å². The molecule has 0 radical (unpaired) electrons. The summed E-state index contributed by atoms with van der Waals surface area (Å²) >= 11 is 0. The lowest BCUT2D eigenvalue weighted by atomic mass is 9.84. The fourth-order valence-electron chi connectivity index (χ4n) is 3.45. The van der Waals surface area contributed by atoms with Crippen molar-refractivity contribution < 1.29 is 5.11 Å². The molecular formula is C19H21N3O. The number of hydrogen-bond acceptors (Lipinski definition) is 3. The Balaban J connectivity index is 1.67. The molecule has 3 heterocycles. The molecule has 2 aromatic heterocycles. The smallest absolute Gasteiger partial charge is 0.137 e. The van der Waals surface area contributed by atoms with E-state index in [1.807, 2.05) is 18.5 Å². The van der Waals surface area contributed by atoms with E-state index in [0.717, 1.165) is 53.7 Å². The van der Waals surface area contributed by atoms with Crippen LogP contribution in [0.2, 0.25) is 0 Å². The molecule has 1 aliphatic rings. The van der Waals surface area contributed by atoms with Gasteiger partial charge in [0, 0.05) is 30.9 Å². The Hall–Kier alpha value is -2.17. The summed E-state index contributed by atoms with van der Waals surface area (Å²) < 4.78 is 0. The molecule has 1 saturated heterocycles. The van der Waals surface area contributed by atoms with E-state index in [1.165, 1.54) is 0 Å². The topological polar surface area (TPSA) is 52.1 Å². The molecule has 118 valence electrons. The van der Waals surface area contributed by atoms with Gasteiger partial charge in [0.1, 0.15) is 5.65 Å². The van der Waals surface area contributed by atoms with Gasteiger partial charge in [-0.25, -0.2) is 4.98 Å². The van der Waals surface area contributed by atoms with Gasteiger partial charge in [0.2, 0.25) is 0 Å². The SMILES string of the molecule is CN1CCC(O)(c2ccc(-c3ccnc4[nH]ccc34)cc2)CC1. The van der Waals surface area contributed by atoms with Crippen molar-refractivity contribution in [3.05, 3.63) is 54.4 Å². The van der Waals surface area contributed by atoms with Crippen LogP contribution in [-0.4, -0.2) is 40.1 Å². The van der Waals surface area contributed by atoms with Crippen LogP contribution in [0, 0.1) is 0 Å². The predicted molar refractivity (Wildman–Crippen MR) is 92.2 cm³/mol. The van der Waals surface area contributed by atoms with Crippen molar-refractivity contribution in [2.75, 3.05) is 20.1 Å². The van der Waals surface area contributed by atoms with Crippen molar-refractivity contribution in [1.29, 1.82) is 0 Å². The Bertz CT molecular complexity index is 814. The summed E-state index contributed by atoms with van der Waals surface area (Å²) in [6, 6.07) is 12.4. The number of fused-ring (bicyclic) bond motifs is 1. The molecule has 0 spiro atoms. The first kappa shape index (κ1) is 14.4. The Kier molecular flexibility index (Phi) is 3.43. The molecule has 1 aliphatic heterocycles. The Morgan fingerprint density at radius 2 is 1.83 bits per heavy atom. The van der Waals surface area contributed by atoms with Crippen LogP contribution in [0.25, 0.3) is 22.2 Å². The molecule has 2 N–H and O–H groups in total. The van der Waals surface area contributed by atoms with Crippen molar-refractivity contribution in [2.24, 2.45) is 0 Å². The molecule has 0 bridgehead atoms. The summed E-state index contributed by atoms with van der Waals surface area (Å²) in [6.45, 7) is 1.87. The molecule has 0 atom stereocenters. The van der Waals surface area contributed by atoms with Gasteiger partial charge in [-0.3, -0.25) is 0 Å². The number of aromatic amines is 1. The largest absolute Gasteiger partial charge is 0.385 e. The van der Waals surface area contributed by atoms with Gasteiger partial charge in [0.25, 0.3) is 0 Å². The lowest BCUT2D eigenvalue weighted by Gasteiger charge is -2.37. The highest BCUT2D eigenvalue weighted by Crippen LogP contribution is 2.34. The number of aromatic nitrogens is 2. The highest BCUT2D eigenvalue weighted by atomic mass is 16.3. The molecule has 0 unspecified atom stereocenters. The maximum absolute atomic E-state index is 10.9. The fourth-order valence-corrected chi connectivity index (χ4v) is 3.45. The minimum atomic E-state index is -0.688. The summed E-state index contributed by atoms with van der Waals surface area (Å²) in [6.07, 6.45) is 5.32. The highest BCUT2D eigenvalue weighted by Gasteiger charge is 2.32. The lowest BCUT2D eigenvalue weighted by Crippen LogP contribution is -2.40. The lowest BCUT2D eigenvalue weighted by molar-refractivity contribution is -0.0203. The second-order valence-electron chi connectivity index (χ2n) is 6.51. The summed E-state index contributed by atoms with van der Waals surface area (Å²) in [5.41, 5.74) is 3.55. The molecular weight excluding hydrogens is 286 g/mol. The Morgan fingerprint density at radius 1 is 1.09 bits per heavy atom. The van der Waals surface area contributed by atoms with Gasteiger partial charge in [-0.2, -0.15) is 0 Å². The molecule has 0 aliphatic carbocycles. The van der Waals surface area contributed by atoms with Gasteiger partial charge in [-0.1, -0.05) is 24.3 Å².